The fraction of sp³-hybridized carbons (Fsp3) is 0.391. The highest BCUT2D eigenvalue weighted by Gasteiger charge is 2.36. The van der Waals surface area contributed by atoms with Crippen LogP contribution in [0.25, 0.3) is 0 Å². The molecular formula is C23H28ClN3O5S. The zero-order valence-electron chi connectivity index (χ0n) is 18.4. The molecule has 10 heteroatoms. The van der Waals surface area contributed by atoms with Gasteiger partial charge in [-0.3, -0.25) is 9.59 Å². The number of nitrogens with zero attached hydrogens (tertiary/aromatic N) is 2. The van der Waals surface area contributed by atoms with Crippen molar-refractivity contribution in [2.24, 2.45) is 0 Å². The maximum absolute atomic E-state index is 13.6. The number of rotatable bonds is 8. The second-order valence-electron chi connectivity index (χ2n) is 7.95. The van der Waals surface area contributed by atoms with Crippen LogP contribution in [-0.4, -0.2) is 67.3 Å². The van der Waals surface area contributed by atoms with E-state index in [4.69, 9.17) is 16.7 Å². The zero-order valence-corrected chi connectivity index (χ0v) is 20.0. The summed E-state index contributed by atoms with van der Waals surface area (Å²) >= 11 is 5.93. The van der Waals surface area contributed by atoms with Crippen LogP contribution in [-0.2, 0) is 21.4 Å². The first-order valence-corrected chi connectivity index (χ1v) is 12.6. The van der Waals surface area contributed by atoms with E-state index in [9.17, 15) is 18.0 Å². The van der Waals surface area contributed by atoms with Gasteiger partial charge < -0.3 is 15.3 Å². The van der Waals surface area contributed by atoms with Crippen molar-refractivity contribution in [1.82, 2.24) is 14.5 Å². The molecule has 1 fully saturated rings. The third kappa shape index (κ3) is 6.11. The number of carbonyl (C=O) groups is 2. The Bertz CT molecular complexity index is 1070. The Kier molecular flexibility index (Phi) is 8.47. The Morgan fingerprint density at radius 3 is 2.42 bits per heavy atom. The quantitative estimate of drug-likeness (QED) is 0.586. The fourth-order valence-electron chi connectivity index (χ4n) is 3.71. The highest BCUT2D eigenvalue weighted by molar-refractivity contribution is 7.89. The van der Waals surface area contributed by atoms with Gasteiger partial charge in [0.25, 0.3) is 5.91 Å². The Labute approximate surface area is 199 Å². The van der Waals surface area contributed by atoms with Crippen molar-refractivity contribution in [3.05, 3.63) is 64.7 Å². The topological polar surface area (TPSA) is 107 Å². The van der Waals surface area contributed by atoms with Gasteiger partial charge in [-0.05, 0) is 61.2 Å². The Hall–Kier alpha value is -2.46. The van der Waals surface area contributed by atoms with Gasteiger partial charge >= 0.3 is 0 Å². The predicted octanol–water partition coefficient (Wildman–Crippen LogP) is 2.26. The average molecular weight is 494 g/mol. The van der Waals surface area contributed by atoms with Crippen LogP contribution >= 0.6 is 11.6 Å². The summed E-state index contributed by atoms with van der Waals surface area (Å²) in [7, 11) is -2.41. The van der Waals surface area contributed by atoms with Crippen molar-refractivity contribution >= 4 is 33.4 Å². The lowest BCUT2D eigenvalue weighted by Crippen LogP contribution is -2.48. The van der Waals surface area contributed by atoms with Crippen LogP contribution in [0.1, 0.15) is 35.2 Å². The van der Waals surface area contributed by atoms with Crippen LogP contribution < -0.4 is 5.32 Å². The second-order valence-corrected chi connectivity index (χ2v) is 10.3. The first-order valence-electron chi connectivity index (χ1n) is 10.7. The smallest absolute Gasteiger partial charge is 0.253 e. The minimum atomic E-state index is -4.00. The van der Waals surface area contributed by atoms with Gasteiger partial charge in [0.15, 0.2) is 0 Å². The minimum Gasteiger partial charge on any atom is -0.395 e. The first kappa shape index (κ1) is 25.2. The molecule has 2 N–H and O–H groups in total. The van der Waals surface area contributed by atoms with Crippen LogP contribution in [0.3, 0.4) is 0 Å². The van der Waals surface area contributed by atoms with E-state index in [1.54, 1.807) is 31.3 Å². The fourth-order valence-corrected chi connectivity index (χ4v) is 5.44. The van der Waals surface area contributed by atoms with Crippen LogP contribution in [0.2, 0.25) is 5.02 Å². The number of aliphatic hydroxyl groups excluding tert-OH is 1. The van der Waals surface area contributed by atoms with Crippen LogP contribution in [0.4, 0.5) is 0 Å². The highest BCUT2D eigenvalue weighted by atomic mass is 35.5. The monoisotopic (exact) mass is 493 g/mol. The highest BCUT2D eigenvalue weighted by Crippen LogP contribution is 2.26. The summed E-state index contributed by atoms with van der Waals surface area (Å²) in [5.41, 5.74) is 1.07. The standard InChI is InChI=1S/C23H28ClN3O5S/c1-26(14-15-28)23(30)18-7-5-17(6-8-18)16-27(21-4-2-3-13-25-22(21)29)33(31,32)20-11-9-19(24)10-12-20/h5-12,21,28H,2-4,13-16H2,1H3,(H,25,29)/t21-/m1/s1. The summed E-state index contributed by atoms with van der Waals surface area (Å²) < 4.78 is 28.3. The normalized spacial score (nSPS) is 16.8. The van der Waals surface area contributed by atoms with Gasteiger partial charge in [0, 0.05) is 37.3 Å². The summed E-state index contributed by atoms with van der Waals surface area (Å²) in [6.45, 7) is 0.568. The molecule has 2 aromatic carbocycles. The number of nitrogens with one attached hydrogen (secondary N) is 1. The van der Waals surface area contributed by atoms with Gasteiger partial charge in [-0.2, -0.15) is 4.31 Å². The van der Waals surface area contributed by atoms with E-state index in [0.29, 0.717) is 29.1 Å². The summed E-state index contributed by atoms with van der Waals surface area (Å²) in [4.78, 5) is 26.6. The summed E-state index contributed by atoms with van der Waals surface area (Å²) in [6, 6.07) is 11.6. The van der Waals surface area contributed by atoms with Crippen molar-refractivity contribution in [2.45, 2.75) is 36.7 Å². The molecule has 0 spiro atoms. The van der Waals surface area contributed by atoms with E-state index in [1.165, 1.54) is 33.5 Å². The Morgan fingerprint density at radius 2 is 1.79 bits per heavy atom. The molecule has 1 aliphatic rings. The summed E-state index contributed by atoms with van der Waals surface area (Å²) in [5, 5.41) is 12.3. The number of hydrogen-bond acceptors (Lipinski definition) is 5. The van der Waals surface area contributed by atoms with E-state index < -0.39 is 16.1 Å². The van der Waals surface area contributed by atoms with Gasteiger partial charge in [0.05, 0.1) is 11.5 Å². The molecule has 0 aromatic heterocycles. The van der Waals surface area contributed by atoms with Gasteiger partial charge in [0.1, 0.15) is 6.04 Å². The molecule has 0 saturated carbocycles. The maximum atomic E-state index is 13.6. The van der Waals surface area contributed by atoms with Crippen LogP contribution in [0.15, 0.2) is 53.4 Å². The second kappa shape index (κ2) is 11.1. The predicted molar refractivity (Wildman–Crippen MR) is 125 cm³/mol. The summed E-state index contributed by atoms with van der Waals surface area (Å²) in [5.74, 6) is -0.563. The molecule has 2 amide bonds. The first-order chi connectivity index (χ1) is 15.7. The molecule has 8 nitrogen and oxygen atoms in total. The molecule has 1 saturated heterocycles. The Morgan fingerprint density at radius 1 is 1.12 bits per heavy atom. The Balaban J connectivity index is 1.92. The van der Waals surface area contributed by atoms with Crippen molar-refractivity contribution < 1.29 is 23.1 Å². The van der Waals surface area contributed by atoms with Crippen molar-refractivity contribution in [3.63, 3.8) is 0 Å². The third-order valence-corrected chi connectivity index (χ3v) is 7.72. The zero-order chi connectivity index (χ0) is 24.0. The third-order valence-electron chi connectivity index (χ3n) is 5.60. The molecule has 1 aliphatic heterocycles. The number of amides is 2. The van der Waals surface area contributed by atoms with Gasteiger partial charge in [-0.1, -0.05) is 23.7 Å². The number of halogens is 1. The van der Waals surface area contributed by atoms with Gasteiger partial charge in [-0.15, -0.1) is 0 Å². The molecule has 0 unspecified atom stereocenters. The molecule has 0 radical (unpaired) electrons. The van der Waals surface area contributed by atoms with Crippen LogP contribution in [0.5, 0.6) is 0 Å². The van der Waals surface area contributed by atoms with Crippen LogP contribution in [0, 0.1) is 0 Å². The molecule has 1 atom stereocenters. The number of carbonyl (C=O) groups excluding carboxylic acids is 2. The lowest BCUT2D eigenvalue weighted by atomic mass is 10.1. The average Bonchev–Trinajstić information content (AvgIpc) is 3.02. The van der Waals surface area contributed by atoms with E-state index >= 15 is 0 Å². The molecule has 3 rings (SSSR count). The van der Waals surface area contributed by atoms with E-state index in [-0.39, 0.29) is 36.4 Å². The number of sulfonamides is 1. The lowest BCUT2D eigenvalue weighted by Gasteiger charge is -2.29. The largest absolute Gasteiger partial charge is 0.395 e. The lowest BCUT2D eigenvalue weighted by molar-refractivity contribution is -0.124. The molecule has 0 bridgehead atoms. The molecule has 0 aliphatic carbocycles. The minimum absolute atomic E-state index is 0.0238. The molecule has 1 heterocycles. The number of benzene rings is 2. The van der Waals surface area contributed by atoms with Crippen molar-refractivity contribution in [2.75, 3.05) is 26.7 Å². The molecule has 2 aromatic rings. The van der Waals surface area contributed by atoms with E-state index in [2.05, 4.69) is 5.32 Å². The number of likely N-dealkylation sites (N-methyl/N-ethyl adjacent to an activating group) is 1. The number of aliphatic hydroxyl groups is 1. The molecule has 178 valence electrons. The maximum Gasteiger partial charge on any atom is 0.253 e. The number of hydrogen-bond donors (Lipinski definition) is 2. The van der Waals surface area contributed by atoms with E-state index in [1.807, 2.05) is 0 Å². The SMILES string of the molecule is CN(CCO)C(=O)c1ccc(CN([C@@H]2CCCCNC2=O)S(=O)(=O)c2ccc(Cl)cc2)cc1. The van der Waals surface area contributed by atoms with Crippen molar-refractivity contribution in [1.29, 1.82) is 0 Å². The van der Waals surface area contributed by atoms with Gasteiger partial charge in [-0.25, -0.2) is 8.42 Å². The molecular weight excluding hydrogens is 466 g/mol. The summed E-state index contributed by atoms with van der Waals surface area (Å²) in [6.07, 6.45) is 1.93. The van der Waals surface area contributed by atoms with Gasteiger partial charge in [0.2, 0.25) is 15.9 Å². The van der Waals surface area contributed by atoms with E-state index in [0.717, 1.165) is 12.8 Å². The van der Waals surface area contributed by atoms with Crippen molar-refractivity contribution in [3.8, 4) is 0 Å². The molecule has 33 heavy (non-hydrogen) atoms.